The first kappa shape index (κ1) is 27.7. The molecule has 0 saturated carbocycles. The van der Waals surface area contributed by atoms with E-state index < -0.39 is 28.5 Å². The number of para-hydroxylation sites is 1. The number of rotatable bonds is 10. The summed E-state index contributed by atoms with van der Waals surface area (Å²) >= 11 is 9.77. The van der Waals surface area contributed by atoms with Crippen molar-refractivity contribution in [1.29, 1.82) is 0 Å². The van der Waals surface area contributed by atoms with Gasteiger partial charge >= 0.3 is 0 Å². The number of anilines is 1. The molecule has 3 rings (SSSR count). The minimum absolute atomic E-state index is 0.0248. The Morgan fingerprint density at radius 3 is 2.19 bits per heavy atom. The molecule has 7 nitrogen and oxygen atoms in total. The monoisotopic (exact) mass is 591 g/mol. The Morgan fingerprint density at radius 2 is 1.58 bits per heavy atom. The standard InChI is InChI=1S/C26H27BrClN3O4S/c1-29-26(33)24(16-19-10-4-3-5-11-19)30(17-20-12-6-8-14-22(20)28)25(32)18-31(36(2,34)35)23-15-9-7-13-21(23)27/h3-15,24H,16-18H2,1-2H3,(H,29,33)/t24-/m0/s1. The summed E-state index contributed by atoms with van der Waals surface area (Å²) in [6, 6.07) is 22.2. The van der Waals surface area contributed by atoms with Gasteiger partial charge in [-0.05, 0) is 45.3 Å². The maximum atomic E-state index is 13.8. The van der Waals surface area contributed by atoms with Gasteiger partial charge in [0.05, 0.1) is 11.9 Å². The van der Waals surface area contributed by atoms with Crippen molar-refractivity contribution in [3.63, 3.8) is 0 Å². The predicted molar refractivity (Wildman–Crippen MR) is 146 cm³/mol. The van der Waals surface area contributed by atoms with Crippen LogP contribution >= 0.6 is 27.5 Å². The number of carbonyl (C=O) groups is 2. The Balaban J connectivity index is 2.05. The lowest BCUT2D eigenvalue weighted by Crippen LogP contribution is -2.53. The number of sulfonamides is 1. The van der Waals surface area contributed by atoms with Gasteiger partial charge in [-0.3, -0.25) is 13.9 Å². The second kappa shape index (κ2) is 12.4. The molecular weight excluding hydrogens is 566 g/mol. The lowest BCUT2D eigenvalue weighted by Gasteiger charge is -2.33. The molecule has 36 heavy (non-hydrogen) atoms. The van der Waals surface area contributed by atoms with Crippen LogP contribution in [0.3, 0.4) is 0 Å². The zero-order valence-corrected chi connectivity index (χ0v) is 23.1. The van der Waals surface area contributed by atoms with Gasteiger partial charge in [0.15, 0.2) is 0 Å². The third-order valence-corrected chi connectivity index (χ3v) is 7.78. The van der Waals surface area contributed by atoms with Crippen LogP contribution in [0.2, 0.25) is 5.02 Å². The van der Waals surface area contributed by atoms with Crippen molar-refractivity contribution in [3.05, 3.63) is 99.5 Å². The van der Waals surface area contributed by atoms with Crippen LogP contribution in [0.1, 0.15) is 11.1 Å². The van der Waals surface area contributed by atoms with E-state index in [9.17, 15) is 18.0 Å². The third kappa shape index (κ3) is 7.09. The second-order valence-electron chi connectivity index (χ2n) is 8.15. The van der Waals surface area contributed by atoms with Crippen molar-refractivity contribution in [3.8, 4) is 0 Å². The molecular formula is C26H27BrClN3O4S. The number of hydrogen-bond donors (Lipinski definition) is 1. The Hall–Kier alpha value is -2.88. The molecule has 1 atom stereocenters. The van der Waals surface area contributed by atoms with Gasteiger partial charge in [-0.25, -0.2) is 8.42 Å². The van der Waals surface area contributed by atoms with E-state index in [1.807, 2.05) is 30.3 Å². The summed E-state index contributed by atoms with van der Waals surface area (Å²) in [5, 5.41) is 3.08. The lowest BCUT2D eigenvalue weighted by molar-refractivity contribution is -0.139. The molecule has 0 unspecified atom stereocenters. The van der Waals surface area contributed by atoms with Crippen LogP contribution in [0.25, 0.3) is 0 Å². The van der Waals surface area contributed by atoms with E-state index in [1.165, 1.54) is 11.9 Å². The molecule has 0 spiro atoms. The number of amides is 2. The zero-order chi connectivity index (χ0) is 26.3. The van der Waals surface area contributed by atoms with Crippen LogP contribution < -0.4 is 9.62 Å². The van der Waals surface area contributed by atoms with Crippen molar-refractivity contribution in [2.75, 3.05) is 24.2 Å². The summed E-state index contributed by atoms with van der Waals surface area (Å²) in [6.07, 6.45) is 1.28. The first-order valence-corrected chi connectivity index (χ1v) is 14.1. The van der Waals surface area contributed by atoms with Crippen LogP contribution in [0.15, 0.2) is 83.3 Å². The van der Waals surface area contributed by atoms with E-state index in [-0.39, 0.29) is 18.9 Å². The van der Waals surface area contributed by atoms with Gasteiger partial charge in [-0.2, -0.15) is 0 Å². The third-order valence-electron chi connectivity index (χ3n) is 5.62. The van der Waals surface area contributed by atoms with Crippen molar-refractivity contribution in [2.45, 2.75) is 19.0 Å². The minimum Gasteiger partial charge on any atom is -0.357 e. The first-order valence-electron chi connectivity index (χ1n) is 11.1. The molecule has 0 radical (unpaired) electrons. The number of benzene rings is 3. The maximum absolute atomic E-state index is 13.8. The number of nitrogens with one attached hydrogen (secondary N) is 1. The molecule has 0 saturated heterocycles. The molecule has 0 aromatic heterocycles. The van der Waals surface area contributed by atoms with E-state index in [4.69, 9.17) is 11.6 Å². The average Bonchev–Trinajstić information content (AvgIpc) is 2.85. The lowest BCUT2D eigenvalue weighted by atomic mass is 10.0. The van der Waals surface area contributed by atoms with E-state index in [0.29, 0.717) is 20.7 Å². The Labute approximate surface area is 225 Å². The molecule has 190 valence electrons. The Bertz CT molecular complexity index is 1320. The van der Waals surface area contributed by atoms with Crippen molar-refractivity contribution in [1.82, 2.24) is 10.2 Å². The molecule has 3 aromatic carbocycles. The topological polar surface area (TPSA) is 86.8 Å². The van der Waals surface area contributed by atoms with Gasteiger partial charge in [0.2, 0.25) is 21.8 Å². The fourth-order valence-electron chi connectivity index (χ4n) is 3.78. The highest BCUT2D eigenvalue weighted by molar-refractivity contribution is 9.10. The summed E-state index contributed by atoms with van der Waals surface area (Å²) in [5.41, 5.74) is 1.82. The van der Waals surface area contributed by atoms with Crippen molar-refractivity contribution < 1.29 is 18.0 Å². The molecule has 0 aliphatic rings. The van der Waals surface area contributed by atoms with E-state index >= 15 is 0 Å². The molecule has 2 amide bonds. The Morgan fingerprint density at radius 1 is 0.972 bits per heavy atom. The van der Waals surface area contributed by atoms with Crippen molar-refractivity contribution in [2.24, 2.45) is 0 Å². The molecule has 0 aliphatic heterocycles. The highest BCUT2D eigenvalue weighted by Crippen LogP contribution is 2.28. The van der Waals surface area contributed by atoms with E-state index in [1.54, 1.807) is 48.5 Å². The van der Waals surface area contributed by atoms with E-state index in [0.717, 1.165) is 16.1 Å². The SMILES string of the molecule is CNC(=O)[C@H](Cc1ccccc1)N(Cc1ccccc1Cl)C(=O)CN(c1ccccc1Br)S(C)(=O)=O. The second-order valence-corrected chi connectivity index (χ2v) is 11.3. The summed E-state index contributed by atoms with van der Waals surface area (Å²) < 4.78 is 27.0. The molecule has 0 fully saturated rings. The number of carbonyl (C=O) groups excluding carboxylic acids is 2. The normalized spacial score (nSPS) is 12.0. The highest BCUT2D eigenvalue weighted by Gasteiger charge is 2.33. The quantitative estimate of drug-likeness (QED) is 0.381. The smallest absolute Gasteiger partial charge is 0.244 e. The van der Waals surface area contributed by atoms with Crippen molar-refractivity contribution >= 4 is 55.1 Å². The van der Waals surface area contributed by atoms with Crippen LogP contribution in [0.4, 0.5) is 5.69 Å². The Kier molecular flexibility index (Phi) is 9.53. The zero-order valence-electron chi connectivity index (χ0n) is 19.9. The molecule has 10 heteroatoms. The minimum atomic E-state index is -3.83. The van der Waals surface area contributed by atoms with Crippen LogP contribution in [-0.4, -0.2) is 51.0 Å². The largest absolute Gasteiger partial charge is 0.357 e. The summed E-state index contributed by atoms with van der Waals surface area (Å²) in [7, 11) is -2.33. The number of hydrogen-bond acceptors (Lipinski definition) is 4. The predicted octanol–water partition coefficient (Wildman–Crippen LogP) is 4.25. The van der Waals surface area contributed by atoms with Gasteiger partial charge in [0.1, 0.15) is 12.6 Å². The number of nitrogens with zero attached hydrogens (tertiary/aromatic N) is 2. The summed E-state index contributed by atoms with van der Waals surface area (Å²) in [4.78, 5) is 28.3. The van der Waals surface area contributed by atoms with Gasteiger partial charge in [-0.15, -0.1) is 0 Å². The molecule has 0 heterocycles. The molecule has 1 N–H and O–H groups in total. The van der Waals surface area contributed by atoms with Gasteiger partial charge in [0, 0.05) is 29.5 Å². The highest BCUT2D eigenvalue weighted by atomic mass is 79.9. The number of likely N-dealkylation sites (N-methyl/N-ethyl adjacent to an activating group) is 1. The van der Waals surface area contributed by atoms with Gasteiger partial charge in [0.25, 0.3) is 0 Å². The van der Waals surface area contributed by atoms with Crippen LogP contribution in [-0.2, 0) is 32.6 Å². The number of halogens is 2. The van der Waals surface area contributed by atoms with Gasteiger partial charge < -0.3 is 10.2 Å². The van der Waals surface area contributed by atoms with Gasteiger partial charge in [-0.1, -0.05) is 72.3 Å². The van der Waals surface area contributed by atoms with Crippen LogP contribution in [0.5, 0.6) is 0 Å². The maximum Gasteiger partial charge on any atom is 0.244 e. The summed E-state index contributed by atoms with van der Waals surface area (Å²) in [6.45, 7) is -0.467. The molecule has 0 bridgehead atoms. The van der Waals surface area contributed by atoms with E-state index in [2.05, 4.69) is 21.2 Å². The average molecular weight is 593 g/mol. The fraction of sp³-hybridized carbons (Fsp3) is 0.231. The molecule has 3 aromatic rings. The van der Waals surface area contributed by atoms with Crippen LogP contribution in [0, 0.1) is 0 Å². The molecule has 0 aliphatic carbocycles. The fourth-order valence-corrected chi connectivity index (χ4v) is 5.45. The summed E-state index contributed by atoms with van der Waals surface area (Å²) in [5.74, 6) is -0.910. The first-order chi connectivity index (χ1) is 17.1.